The topological polar surface area (TPSA) is 64.9 Å². The van der Waals surface area contributed by atoms with E-state index in [9.17, 15) is 0 Å². The highest BCUT2D eigenvalue weighted by Gasteiger charge is 2.08. The van der Waals surface area contributed by atoms with Crippen LogP contribution in [0.4, 0.5) is 5.69 Å². The summed E-state index contributed by atoms with van der Waals surface area (Å²) in [6.45, 7) is 4.04. The molecule has 2 rings (SSSR count). The lowest BCUT2D eigenvalue weighted by molar-refractivity contribution is 0.378. The lowest BCUT2D eigenvalue weighted by Crippen LogP contribution is -1.90. The second-order valence-electron chi connectivity index (χ2n) is 3.83. The SMILES string of the molecule is CCCc1nc(-c2ccc(N)c(C)c2)no1. The molecule has 0 amide bonds. The molecule has 0 saturated heterocycles. The number of nitrogens with two attached hydrogens (primary N) is 1. The number of hydrogen-bond donors (Lipinski definition) is 1. The van der Waals surface area contributed by atoms with Crippen molar-refractivity contribution in [1.82, 2.24) is 10.1 Å². The largest absolute Gasteiger partial charge is 0.399 e. The molecule has 2 N–H and O–H groups in total. The van der Waals surface area contributed by atoms with Crippen LogP contribution in [0.2, 0.25) is 0 Å². The molecule has 0 fully saturated rings. The van der Waals surface area contributed by atoms with Crippen LogP contribution in [0.25, 0.3) is 11.4 Å². The van der Waals surface area contributed by atoms with Gasteiger partial charge in [-0.1, -0.05) is 12.1 Å². The monoisotopic (exact) mass is 217 g/mol. The normalized spacial score (nSPS) is 10.6. The molecule has 0 saturated carbocycles. The first kappa shape index (κ1) is 10.7. The molecule has 1 aromatic carbocycles. The average Bonchev–Trinajstić information content (AvgIpc) is 2.71. The first-order chi connectivity index (χ1) is 7.70. The van der Waals surface area contributed by atoms with E-state index < -0.39 is 0 Å². The summed E-state index contributed by atoms with van der Waals surface area (Å²) >= 11 is 0. The van der Waals surface area contributed by atoms with E-state index in [1.807, 2.05) is 25.1 Å². The molecule has 1 heterocycles. The van der Waals surface area contributed by atoms with Gasteiger partial charge in [-0.05, 0) is 37.1 Å². The Labute approximate surface area is 94.5 Å². The summed E-state index contributed by atoms with van der Waals surface area (Å²) in [6, 6.07) is 5.74. The molecule has 84 valence electrons. The molecule has 0 bridgehead atoms. The highest BCUT2D eigenvalue weighted by Crippen LogP contribution is 2.21. The lowest BCUT2D eigenvalue weighted by atomic mass is 10.1. The maximum absolute atomic E-state index is 5.76. The van der Waals surface area contributed by atoms with Gasteiger partial charge in [0.15, 0.2) is 0 Å². The maximum Gasteiger partial charge on any atom is 0.226 e. The molecule has 4 heteroatoms. The van der Waals surface area contributed by atoms with E-state index in [1.54, 1.807) is 0 Å². The van der Waals surface area contributed by atoms with Crippen molar-refractivity contribution in [2.24, 2.45) is 0 Å². The third-order valence-electron chi connectivity index (χ3n) is 2.46. The van der Waals surface area contributed by atoms with Gasteiger partial charge in [0.1, 0.15) is 0 Å². The Morgan fingerprint density at radius 1 is 1.38 bits per heavy atom. The molecular formula is C12H15N3O. The Balaban J connectivity index is 2.31. The third kappa shape index (κ3) is 2.05. The molecule has 2 aromatic rings. The summed E-state index contributed by atoms with van der Waals surface area (Å²) < 4.78 is 5.14. The predicted molar refractivity (Wildman–Crippen MR) is 62.9 cm³/mol. The number of aromatic nitrogens is 2. The van der Waals surface area contributed by atoms with Gasteiger partial charge >= 0.3 is 0 Å². The Hall–Kier alpha value is -1.84. The highest BCUT2D eigenvalue weighted by atomic mass is 16.5. The van der Waals surface area contributed by atoms with Gasteiger partial charge < -0.3 is 10.3 Å². The van der Waals surface area contributed by atoms with Crippen molar-refractivity contribution in [1.29, 1.82) is 0 Å². The number of nitrogen functional groups attached to an aromatic ring is 1. The van der Waals surface area contributed by atoms with Gasteiger partial charge in [0.25, 0.3) is 0 Å². The van der Waals surface area contributed by atoms with Crippen molar-refractivity contribution >= 4 is 5.69 Å². The van der Waals surface area contributed by atoms with Crippen LogP contribution in [0.5, 0.6) is 0 Å². The Morgan fingerprint density at radius 3 is 2.88 bits per heavy atom. The second kappa shape index (κ2) is 4.35. The summed E-state index contributed by atoms with van der Waals surface area (Å²) in [7, 11) is 0. The number of aryl methyl sites for hydroxylation is 2. The smallest absolute Gasteiger partial charge is 0.226 e. The molecule has 1 aromatic heterocycles. The lowest BCUT2D eigenvalue weighted by Gasteiger charge is -2.00. The van der Waals surface area contributed by atoms with Crippen molar-refractivity contribution < 1.29 is 4.52 Å². The van der Waals surface area contributed by atoms with Crippen molar-refractivity contribution in [2.75, 3.05) is 5.73 Å². The molecule has 0 spiro atoms. The van der Waals surface area contributed by atoms with Gasteiger partial charge in [0.05, 0.1) is 0 Å². The van der Waals surface area contributed by atoms with Crippen molar-refractivity contribution in [2.45, 2.75) is 26.7 Å². The van der Waals surface area contributed by atoms with E-state index in [-0.39, 0.29) is 0 Å². The van der Waals surface area contributed by atoms with E-state index in [4.69, 9.17) is 10.3 Å². The fraction of sp³-hybridized carbons (Fsp3) is 0.333. The van der Waals surface area contributed by atoms with Gasteiger partial charge in [0, 0.05) is 17.7 Å². The Morgan fingerprint density at radius 2 is 2.19 bits per heavy atom. The summed E-state index contributed by atoms with van der Waals surface area (Å²) in [5, 5.41) is 3.95. The minimum absolute atomic E-state index is 0.631. The Bertz CT molecular complexity index is 491. The van der Waals surface area contributed by atoms with Crippen molar-refractivity contribution in [3.05, 3.63) is 29.7 Å². The summed E-state index contributed by atoms with van der Waals surface area (Å²) in [5.74, 6) is 1.32. The number of anilines is 1. The Kier molecular flexibility index (Phi) is 2.90. The number of nitrogens with zero attached hydrogens (tertiary/aromatic N) is 2. The fourth-order valence-corrected chi connectivity index (χ4v) is 1.50. The van der Waals surface area contributed by atoms with E-state index in [1.165, 1.54) is 0 Å². The number of rotatable bonds is 3. The molecule has 4 nitrogen and oxygen atoms in total. The standard InChI is InChI=1S/C12H15N3O/c1-3-4-11-14-12(15-16-11)9-5-6-10(13)8(2)7-9/h5-7H,3-4,13H2,1-2H3. The summed E-state index contributed by atoms with van der Waals surface area (Å²) in [5.41, 5.74) is 8.50. The third-order valence-corrected chi connectivity index (χ3v) is 2.46. The zero-order chi connectivity index (χ0) is 11.5. The molecular weight excluding hydrogens is 202 g/mol. The summed E-state index contributed by atoms with van der Waals surface area (Å²) in [4.78, 5) is 4.32. The van der Waals surface area contributed by atoms with Gasteiger partial charge in [-0.15, -0.1) is 0 Å². The minimum Gasteiger partial charge on any atom is -0.399 e. The molecule has 0 unspecified atom stereocenters. The van der Waals surface area contributed by atoms with Crippen LogP contribution in [0.3, 0.4) is 0 Å². The van der Waals surface area contributed by atoms with Gasteiger partial charge in [-0.3, -0.25) is 0 Å². The molecule has 16 heavy (non-hydrogen) atoms. The average molecular weight is 217 g/mol. The van der Waals surface area contributed by atoms with Crippen molar-refractivity contribution in [3.8, 4) is 11.4 Å². The van der Waals surface area contributed by atoms with Gasteiger partial charge in [-0.25, -0.2) is 0 Å². The van der Waals surface area contributed by atoms with Crippen LogP contribution in [-0.2, 0) is 6.42 Å². The minimum atomic E-state index is 0.631. The molecule has 0 aliphatic rings. The van der Waals surface area contributed by atoms with Crippen LogP contribution in [0, 0.1) is 6.92 Å². The first-order valence-electron chi connectivity index (χ1n) is 5.39. The van der Waals surface area contributed by atoms with Crippen LogP contribution in [0.1, 0.15) is 24.8 Å². The highest BCUT2D eigenvalue weighted by molar-refractivity contribution is 5.61. The van der Waals surface area contributed by atoms with E-state index >= 15 is 0 Å². The van der Waals surface area contributed by atoms with Crippen LogP contribution >= 0.6 is 0 Å². The fourth-order valence-electron chi connectivity index (χ4n) is 1.50. The van der Waals surface area contributed by atoms with E-state index in [2.05, 4.69) is 17.1 Å². The zero-order valence-corrected chi connectivity index (χ0v) is 9.53. The van der Waals surface area contributed by atoms with Gasteiger partial charge in [-0.2, -0.15) is 4.98 Å². The van der Waals surface area contributed by atoms with Crippen LogP contribution in [0.15, 0.2) is 22.7 Å². The quantitative estimate of drug-likeness (QED) is 0.802. The number of hydrogen-bond acceptors (Lipinski definition) is 4. The molecule has 0 aliphatic carbocycles. The number of benzene rings is 1. The summed E-state index contributed by atoms with van der Waals surface area (Å²) in [6.07, 6.45) is 1.82. The van der Waals surface area contributed by atoms with E-state index in [0.29, 0.717) is 11.7 Å². The predicted octanol–water partition coefficient (Wildman–Crippen LogP) is 2.58. The maximum atomic E-state index is 5.76. The molecule has 0 radical (unpaired) electrons. The van der Waals surface area contributed by atoms with Crippen molar-refractivity contribution in [3.63, 3.8) is 0 Å². The first-order valence-corrected chi connectivity index (χ1v) is 5.39. The zero-order valence-electron chi connectivity index (χ0n) is 9.53. The molecule has 0 atom stereocenters. The van der Waals surface area contributed by atoms with E-state index in [0.717, 1.165) is 29.7 Å². The second-order valence-corrected chi connectivity index (χ2v) is 3.83. The van der Waals surface area contributed by atoms with Crippen LogP contribution < -0.4 is 5.73 Å². The molecule has 0 aliphatic heterocycles. The van der Waals surface area contributed by atoms with Gasteiger partial charge in [0.2, 0.25) is 11.7 Å². The van der Waals surface area contributed by atoms with Crippen LogP contribution in [-0.4, -0.2) is 10.1 Å².